The van der Waals surface area contributed by atoms with Crippen LogP contribution in [0.5, 0.6) is 0 Å². The summed E-state index contributed by atoms with van der Waals surface area (Å²) in [6, 6.07) is 7.54. The summed E-state index contributed by atoms with van der Waals surface area (Å²) in [4.78, 5) is 11.4. The molecule has 4 heteroatoms. The summed E-state index contributed by atoms with van der Waals surface area (Å²) in [6.07, 6.45) is 0.372. The second-order valence-electron chi connectivity index (χ2n) is 2.38. The Balaban J connectivity index is 2.45. The van der Waals surface area contributed by atoms with Gasteiger partial charge < -0.3 is 0 Å². The van der Waals surface area contributed by atoms with Gasteiger partial charge in [-0.25, -0.2) is 0 Å². The molecular weight excluding hydrogens is 227 g/mol. The highest BCUT2D eigenvalue weighted by Gasteiger charge is 2.01. The monoisotopic (exact) mass is 234 g/mol. The molecule has 1 rings (SSSR count). The van der Waals surface area contributed by atoms with Gasteiger partial charge in [0.2, 0.25) is 5.24 Å². The van der Waals surface area contributed by atoms with Crippen molar-refractivity contribution >= 4 is 40.2 Å². The quantitative estimate of drug-likeness (QED) is 0.586. The fraction of sp³-hybridized carbons (Fsp3) is 0.222. The molecule has 0 saturated heterocycles. The molecule has 0 spiro atoms. The number of carbonyl (C=O) groups excluding carboxylic acids is 1. The summed E-state index contributed by atoms with van der Waals surface area (Å²) in [5.41, 5.74) is 0. The third-order valence-corrected chi connectivity index (χ3v) is 3.10. The zero-order valence-corrected chi connectivity index (χ0v) is 9.12. The average Bonchev–Trinajstić information content (AvgIpc) is 2.08. The van der Waals surface area contributed by atoms with E-state index in [4.69, 9.17) is 23.2 Å². The molecule has 0 aliphatic heterocycles. The topological polar surface area (TPSA) is 17.1 Å². The zero-order valence-electron chi connectivity index (χ0n) is 6.80. The number of benzene rings is 1. The molecule has 1 aromatic carbocycles. The maximum atomic E-state index is 10.4. The number of rotatable bonds is 4. The van der Waals surface area contributed by atoms with Crippen LogP contribution in [0.25, 0.3) is 0 Å². The fourth-order valence-corrected chi connectivity index (χ4v) is 2.20. The molecule has 0 aliphatic carbocycles. The molecule has 1 aromatic rings. The molecule has 0 heterocycles. The Kier molecular flexibility index (Phi) is 4.64. The highest BCUT2D eigenvalue weighted by molar-refractivity contribution is 7.99. The summed E-state index contributed by atoms with van der Waals surface area (Å²) in [7, 11) is 0. The van der Waals surface area contributed by atoms with Crippen LogP contribution in [0.4, 0.5) is 0 Å². The number of thioether (sulfide) groups is 1. The number of halogens is 2. The first kappa shape index (κ1) is 10.9. The molecule has 70 valence electrons. The van der Waals surface area contributed by atoms with Gasteiger partial charge >= 0.3 is 0 Å². The van der Waals surface area contributed by atoms with E-state index in [-0.39, 0.29) is 5.24 Å². The van der Waals surface area contributed by atoms with Crippen molar-refractivity contribution in [3.63, 3.8) is 0 Å². The van der Waals surface area contributed by atoms with Crippen LogP contribution in [0.3, 0.4) is 0 Å². The van der Waals surface area contributed by atoms with E-state index in [1.165, 1.54) is 11.8 Å². The van der Waals surface area contributed by atoms with Crippen molar-refractivity contribution in [3.05, 3.63) is 29.3 Å². The summed E-state index contributed by atoms with van der Waals surface area (Å²) >= 11 is 12.6. The van der Waals surface area contributed by atoms with Gasteiger partial charge in [-0.1, -0.05) is 23.7 Å². The molecular formula is C9H8Cl2OS. The van der Waals surface area contributed by atoms with Gasteiger partial charge in [0, 0.05) is 17.1 Å². The van der Waals surface area contributed by atoms with Crippen LogP contribution in [0, 0.1) is 0 Å². The highest BCUT2D eigenvalue weighted by Crippen LogP contribution is 2.26. The minimum absolute atomic E-state index is 0.306. The molecule has 13 heavy (non-hydrogen) atoms. The third kappa shape index (κ3) is 4.03. The lowest BCUT2D eigenvalue weighted by molar-refractivity contribution is -0.111. The van der Waals surface area contributed by atoms with Gasteiger partial charge in [0.25, 0.3) is 0 Å². The van der Waals surface area contributed by atoms with Crippen molar-refractivity contribution in [2.75, 3.05) is 5.75 Å². The number of hydrogen-bond acceptors (Lipinski definition) is 2. The van der Waals surface area contributed by atoms with E-state index in [0.717, 1.165) is 9.92 Å². The first-order valence-electron chi connectivity index (χ1n) is 3.76. The lowest BCUT2D eigenvalue weighted by atomic mass is 10.4. The Morgan fingerprint density at radius 3 is 2.69 bits per heavy atom. The van der Waals surface area contributed by atoms with Crippen LogP contribution in [-0.4, -0.2) is 11.0 Å². The predicted molar refractivity (Wildman–Crippen MR) is 57.7 cm³/mol. The Morgan fingerprint density at radius 1 is 1.38 bits per heavy atom. The molecule has 0 radical (unpaired) electrons. The normalized spacial score (nSPS) is 10.0. The molecule has 0 fully saturated rings. The summed E-state index contributed by atoms with van der Waals surface area (Å²) < 4.78 is 0. The van der Waals surface area contributed by atoms with Gasteiger partial charge in [-0.3, -0.25) is 4.79 Å². The van der Waals surface area contributed by atoms with Gasteiger partial charge in [0.1, 0.15) is 0 Å². The molecule has 0 aromatic heterocycles. The van der Waals surface area contributed by atoms with Crippen LogP contribution in [0.1, 0.15) is 6.42 Å². The van der Waals surface area contributed by atoms with Crippen molar-refractivity contribution in [1.29, 1.82) is 0 Å². The SMILES string of the molecule is O=C(Cl)CCSc1ccccc1Cl. The Bertz CT molecular complexity index is 301. The zero-order chi connectivity index (χ0) is 9.68. The van der Waals surface area contributed by atoms with Gasteiger partial charge in [-0.05, 0) is 23.7 Å². The molecule has 0 atom stereocenters. The average molecular weight is 235 g/mol. The summed E-state index contributed by atoms with van der Waals surface area (Å²) in [5.74, 6) is 0.673. The first-order chi connectivity index (χ1) is 6.20. The minimum Gasteiger partial charge on any atom is -0.281 e. The molecule has 0 saturated carbocycles. The number of hydrogen-bond donors (Lipinski definition) is 0. The van der Waals surface area contributed by atoms with Gasteiger partial charge in [-0.2, -0.15) is 0 Å². The summed E-state index contributed by atoms with van der Waals surface area (Å²) in [6.45, 7) is 0. The first-order valence-corrected chi connectivity index (χ1v) is 5.50. The van der Waals surface area contributed by atoms with Crippen LogP contribution >= 0.6 is 35.0 Å². The van der Waals surface area contributed by atoms with E-state index in [1.807, 2.05) is 24.3 Å². The highest BCUT2D eigenvalue weighted by atomic mass is 35.5. The van der Waals surface area contributed by atoms with E-state index < -0.39 is 0 Å². The predicted octanol–water partition coefficient (Wildman–Crippen LogP) is 3.59. The third-order valence-electron chi connectivity index (χ3n) is 1.39. The standard InChI is InChI=1S/C9H8Cl2OS/c10-7-3-1-2-4-8(7)13-6-5-9(11)12/h1-4H,5-6H2. The molecule has 0 N–H and O–H groups in total. The fourth-order valence-electron chi connectivity index (χ4n) is 0.803. The van der Waals surface area contributed by atoms with E-state index in [9.17, 15) is 4.79 Å². The molecule has 0 unspecified atom stereocenters. The van der Waals surface area contributed by atoms with Crippen molar-refractivity contribution in [3.8, 4) is 0 Å². The van der Waals surface area contributed by atoms with E-state index >= 15 is 0 Å². The van der Waals surface area contributed by atoms with Crippen molar-refractivity contribution < 1.29 is 4.79 Å². The van der Waals surface area contributed by atoms with Gasteiger partial charge in [-0.15, -0.1) is 11.8 Å². The van der Waals surface area contributed by atoms with E-state index in [2.05, 4.69) is 0 Å². The molecule has 0 amide bonds. The largest absolute Gasteiger partial charge is 0.281 e. The molecule has 1 nitrogen and oxygen atoms in total. The lowest BCUT2D eigenvalue weighted by Gasteiger charge is -2.01. The van der Waals surface area contributed by atoms with Crippen molar-refractivity contribution in [1.82, 2.24) is 0 Å². The summed E-state index contributed by atoms with van der Waals surface area (Å²) in [5, 5.41) is 0.411. The second-order valence-corrected chi connectivity index (χ2v) is 4.35. The Morgan fingerprint density at radius 2 is 2.08 bits per heavy atom. The van der Waals surface area contributed by atoms with Crippen LogP contribution in [-0.2, 0) is 4.79 Å². The minimum atomic E-state index is -0.306. The van der Waals surface area contributed by atoms with Crippen molar-refractivity contribution in [2.45, 2.75) is 11.3 Å². The second kappa shape index (κ2) is 5.53. The van der Waals surface area contributed by atoms with E-state index in [0.29, 0.717) is 12.2 Å². The van der Waals surface area contributed by atoms with Gasteiger partial charge in [0.15, 0.2) is 0 Å². The van der Waals surface area contributed by atoms with Crippen LogP contribution in [0.2, 0.25) is 5.02 Å². The van der Waals surface area contributed by atoms with Crippen LogP contribution in [0.15, 0.2) is 29.2 Å². The molecule has 0 aliphatic rings. The van der Waals surface area contributed by atoms with E-state index in [1.54, 1.807) is 0 Å². The number of carbonyl (C=O) groups is 1. The Labute approximate surface area is 91.4 Å². The lowest BCUT2D eigenvalue weighted by Crippen LogP contribution is -1.88. The smallest absolute Gasteiger partial charge is 0.222 e. The Hall–Kier alpha value is -0.180. The van der Waals surface area contributed by atoms with Crippen LogP contribution < -0.4 is 0 Å². The van der Waals surface area contributed by atoms with Crippen molar-refractivity contribution in [2.24, 2.45) is 0 Å². The molecule has 0 bridgehead atoms. The van der Waals surface area contributed by atoms with Gasteiger partial charge in [0.05, 0.1) is 5.02 Å². The maximum Gasteiger partial charge on any atom is 0.222 e. The maximum absolute atomic E-state index is 10.4.